The molecule has 17 heavy (non-hydrogen) atoms. The second-order valence-corrected chi connectivity index (χ2v) is 6.09. The lowest BCUT2D eigenvalue weighted by atomic mass is 9.91. The van der Waals surface area contributed by atoms with Gasteiger partial charge in [-0.05, 0) is 61.8 Å². The van der Waals surface area contributed by atoms with E-state index in [2.05, 4.69) is 34.7 Å². The molecular formula is C13H20BrNO2. The van der Waals surface area contributed by atoms with Crippen molar-refractivity contribution in [3.8, 4) is 0 Å². The fourth-order valence-electron chi connectivity index (χ4n) is 2.46. The number of hydrogen-bond acceptors (Lipinski definition) is 3. The maximum atomic E-state index is 10.5. The first kappa shape index (κ1) is 13.1. The van der Waals surface area contributed by atoms with Gasteiger partial charge in [-0.15, -0.1) is 0 Å². The average molecular weight is 302 g/mol. The van der Waals surface area contributed by atoms with Crippen LogP contribution in [0.3, 0.4) is 0 Å². The van der Waals surface area contributed by atoms with E-state index < -0.39 is 6.10 Å². The summed E-state index contributed by atoms with van der Waals surface area (Å²) in [6.45, 7) is 6.28. The normalized spacial score (nSPS) is 20.5. The third kappa shape index (κ3) is 2.59. The highest BCUT2D eigenvalue weighted by Crippen LogP contribution is 2.36. The molecule has 0 radical (unpaired) electrons. The molecule has 0 bridgehead atoms. The Kier molecular flexibility index (Phi) is 3.95. The Labute approximate surface area is 111 Å². The molecule has 0 aliphatic carbocycles. The minimum absolute atomic E-state index is 0.291. The van der Waals surface area contributed by atoms with E-state index in [9.17, 15) is 5.11 Å². The van der Waals surface area contributed by atoms with Crippen LogP contribution in [0, 0.1) is 0 Å². The summed E-state index contributed by atoms with van der Waals surface area (Å²) in [7, 11) is 0. The molecule has 0 aromatic carbocycles. The molecule has 0 spiro atoms. The molecule has 1 saturated heterocycles. The van der Waals surface area contributed by atoms with Gasteiger partial charge in [-0.3, -0.25) is 4.90 Å². The van der Waals surface area contributed by atoms with Crippen LogP contribution in [0.5, 0.6) is 0 Å². The minimum atomic E-state index is -0.607. The van der Waals surface area contributed by atoms with Crippen LogP contribution in [-0.2, 0) is 0 Å². The van der Waals surface area contributed by atoms with Gasteiger partial charge in [0.05, 0.1) is 10.7 Å². The summed E-state index contributed by atoms with van der Waals surface area (Å²) in [5, 5.41) is 10.5. The Balaban J connectivity index is 2.16. The van der Waals surface area contributed by atoms with Crippen LogP contribution in [-0.4, -0.2) is 28.6 Å². The van der Waals surface area contributed by atoms with Crippen molar-refractivity contribution in [2.24, 2.45) is 0 Å². The molecule has 1 N–H and O–H groups in total. The molecule has 2 heterocycles. The molecule has 1 atom stereocenters. The molecular weight excluding hydrogens is 282 g/mol. The molecule has 0 amide bonds. The zero-order valence-corrected chi connectivity index (χ0v) is 12.0. The van der Waals surface area contributed by atoms with Crippen LogP contribution < -0.4 is 0 Å². The Morgan fingerprint density at radius 3 is 2.53 bits per heavy atom. The predicted octanol–water partition coefficient (Wildman–Crippen LogP) is 3.34. The van der Waals surface area contributed by atoms with Crippen molar-refractivity contribution >= 4 is 15.9 Å². The molecule has 1 unspecified atom stereocenters. The van der Waals surface area contributed by atoms with Gasteiger partial charge in [0.15, 0.2) is 0 Å². The summed E-state index contributed by atoms with van der Waals surface area (Å²) < 4.78 is 6.22. The van der Waals surface area contributed by atoms with E-state index in [4.69, 9.17) is 4.42 Å². The molecule has 4 heteroatoms. The lowest BCUT2D eigenvalue weighted by Gasteiger charge is -2.43. The van der Waals surface area contributed by atoms with Gasteiger partial charge in [0.25, 0.3) is 0 Å². The highest BCUT2D eigenvalue weighted by molar-refractivity contribution is 9.10. The molecule has 0 saturated carbocycles. The average Bonchev–Trinajstić information content (AvgIpc) is 2.75. The number of nitrogens with zero attached hydrogens (tertiary/aromatic N) is 1. The molecule has 1 aromatic rings. The number of hydrogen-bond donors (Lipinski definition) is 1. The number of aliphatic hydroxyl groups is 1. The van der Waals surface area contributed by atoms with E-state index in [1.165, 1.54) is 19.3 Å². The first-order chi connectivity index (χ1) is 8.03. The van der Waals surface area contributed by atoms with Crippen molar-refractivity contribution < 1.29 is 9.52 Å². The summed E-state index contributed by atoms with van der Waals surface area (Å²) in [6, 6.07) is 1.82. The first-order valence-electron chi connectivity index (χ1n) is 6.19. The lowest BCUT2D eigenvalue weighted by molar-refractivity contribution is -0.0315. The van der Waals surface area contributed by atoms with Gasteiger partial charge in [0.2, 0.25) is 0 Å². The number of furan rings is 1. The fourth-order valence-corrected chi connectivity index (χ4v) is 2.88. The van der Waals surface area contributed by atoms with Crippen molar-refractivity contribution in [3.63, 3.8) is 0 Å². The topological polar surface area (TPSA) is 36.6 Å². The van der Waals surface area contributed by atoms with Crippen LogP contribution in [0.15, 0.2) is 21.2 Å². The number of likely N-dealkylation sites (tertiary alicyclic amines) is 1. The molecule has 1 aliphatic heterocycles. The van der Waals surface area contributed by atoms with E-state index in [0.717, 1.165) is 17.6 Å². The second kappa shape index (κ2) is 5.12. The van der Waals surface area contributed by atoms with Gasteiger partial charge in [0.1, 0.15) is 11.9 Å². The molecule has 1 fully saturated rings. The Morgan fingerprint density at radius 1 is 1.35 bits per heavy atom. The Morgan fingerprint density at radius 2 is 2.00 bits per heavy atom. The fraction of sp³-hybridized carbons (Fsp3) is 0.692. The molecule has 96 valence electrons. The number of halogens is 1. The van der Waals surface area contributed by atoms with E-state index in [-0.39, 0.29) is 5.54 Å². The summed E-state index contributed by atoms with van der Waals surface area (Å²) in [4.78, 5) is 2.36. The number of piperidine rings is 1. The third-order valence-electron chi connectivity index (χ3n) is 3.73. The zero-order valence-electron chi connectivity index (χ0n) is 10.4. The van der Waals surface area contributed by atoms with E-state index in [0.29, 0.717) is 5.76 Å². The van der Waals surface area contributed by atoms with Crippen LogP contribution in [0.1, 0.15) is 45.0 Å². The van der Waals surface area contributed by atoms with E-state index in [1.54, 1.807) is 6.26 Å². The lowest BCUT2D eigenvalue weighted by Crippen LogP contribution is -2.50. The zero-order chi connectivity index (χ0) is 12.5. The van der Waals surface area contributed by atoms with Crippen molar-refractivity contribution in [3.05, 3.63) is 22.6 Å². The third-order valence-corrected chi connectivity index (χ3v) is 4.39. The van der Waals surface area contributed by atoms with Crippen molar-refractivity contribution in [1.29, 1.82) is 0 Å². The number of aliphatic hydroxyl groups excluding tert-OH is 1. The Hall–Kier alpha value is -0.320. The van der Waals surface area contributed by atoms with Crippen LogP contribution >= 0.6 is 15.9 Å². The monoisotopic (exact) mass is 301 g/mol. The highest BCUT2D eigenvalue weighted by atomic mass is 79.9. The standard InChI is InChI=1S/C13H20BrNO2/c1-13(2,15-7-4-3-5-8-15)12(16)11-10(14)6-9-17-11/h6,9,12,16H,3-5,7-8H2,1-2H3. The summed E-state index contributed by atoms with van der Waals surface area (Å²) in [6.07, 6.45) is 4.73. The van der Waals surface area contributed by atoms with Gasteiger partial charge < -0.3 is 9.52 Å². The summed E-state index contributed by atoms with van der Waals surface area (Å²) >= 11 is 3.41. The van der Waals surface area contributed by atoms with Gasteiger partial charge in [-0.1, -0.05) is 6.42 Å². The number of rotatable bonds is 3. The smallest absolute Gasteiger partial charge is 0.148 e. The SMILES string of the molecule is CC(C)(C(O)c1occc1Br)N1CCCCC1. The predicted molar refractivity (Wildman–Crippen MR) is 70.9 cm³/mol. The van der Waals surface area contributed by atoms with Crippen molar-refractivity contribution in [1.82, 2.24) is 4.90 Å². The summed E-state index contributed by atoms with van der Waals surface area (Å²) in [5.74, 6) is 0.626. The van der Waals surface area contributed by atoms with Crippen LogP contribution in [0.4, 0.5) is 0 Å². The maximum Gasteiger partial charge on any atom is 0.148 e. The van der Waals surface area contributed by atoms with E-state index >= 15 is 0 Å². The van der Waals surface area contributed by atoms with Gasteiger partial charge >= 0.3 is 0 Å². The minimum Gasteiger partial charge on any atom is -0.465 e. The largest absolute Gasteiger partial charge is 0.465 e. The molecule has 2 rings (SSSR count). The molecule has 1 aliphatic rings. The van der Waals surface area contributed by atoms with Crippen molar-refractivity contribution in [2.45, 2.75) is 44.8 Å². The van der Waals surface area contributed by atoms with Crippen molar-refractivity contribution in [2.75, 3.05) is 13.1 Å². The maximum absolute atomic E-state index is 10.5. The highest BCUT2D eigenvalue weighted by Gasteiger charge is 2.38. The summed E-state index contributed by atoms with van der Waals surface area (Å²) in [5.41, 5.74) is -0.291. The van der Waals surface area contributed by atoms with Gasteiger partial charge in [0, 0.05) is 5.54 Å². The molecule has 3 nitrogen and oxygen atoms in total. The van der Waals surface area contributed by atoms with Gasteiger partial charge in [-0.25, -0.2) is 0 Å². The second-order valence-electron chi connectivity index (χ2n) is 5.24. The van der Waals surface area contributed by atoms with Gasteiger partial charge in [-0.2, -0.15) is 0 Å². The Bertz CT molecular complexity index is 369. The molecule has 1 aromatic heterocycles. The van der Waals surface area contributed by atoms with Crippen LogP contribution in [0.2, 0.25) is 0 Å². The first-order valence-corrected chi connectivity index (χ1v) is 6.99. The van der Waals surface area contributed by atoms with E-state index in [1.807, 2.05) is 6.07 Å². The van der Waals surface area contributed by atoms with Crippen LogP contribution in [0.25, 0.3) is 0 Å². The quantitative estimate of drug-likeness (QED) is 0.930.